The lowest BCUT2D eigenvalue weighted by Crippen LogP contribution is -2.08. The van der Waals surface area contributed by atoms with E-state index >= 15 is 0 Å². The van der Waals surface area contributed by atoms with Gasteiger partial charge in [0.05, 0.1) is 5.92 Å². The predicted molar refractivity (Wildman–Crippen MR) is 40.8 cm³/mol. The van der Waals surface area contributed by atoms with Gasteiger partial charge < -0.3 is 5.11 Å². The van der Waals surface area contributed by atoms with Gasteiger partial charge in [0.1, 0.15) is 0 Å². The van der Waals surface area contributed by atoms with Gasteiger partial charge in [-0.15, -0.1) is 6.58 Å². The number of hydrogen-bond donors (Lipinski definition) is 1. The first kappa shape index (κ1) is 9.21. The van der Waals surface area contributed by atoms with Gasteiger partial charge in [-0.1, -0.05) is 13.0 Å². The molecule has 2 nitrogen and oxygen atoms in total. The number of carbonyl (C=O) groups is 1. The Labute approximate surface area is 61.6 Å². The Morgan fingerprint density at radius 2 is 2.40 bits per heavy atom. The minimum absolute atomic E-state index is 0.208. The molecule has 1 N–H and O–H groups in total. The first-order chi connectivity index (χ1) is 4.68. The monoisotopic (exact) mass is 142 g/mol. The summed E-state index contributed by atoms with van der Waals surface area (Å²) in [6, 6.07) is 0. The molecule has 0 fully saturated rings. The zero-order valence-electron chi connectivity index (χ0n) is 6.34. The summed E-state index contributed by atoms with van der Waals surface area (Å²) in [7, 11) is 0. The molecule has 58 valence electrons. The van der Waals surface area contributed by atoms with Crippen LogP contribution in [0.25, 0.3) is 0 Å². The average Bonchev–Trinajstić information content (AvgIpc) is 1.88. The fourth-order valence-electron chi connectivity index (χ4n) is 0.692. The van der Waals surface area contributed by atoms with Crippen molar-refractivity contribution in [3.8, 4) is 0 Å². The van der Waals surface area contributed by atoms with Gasteiger partial charge in [-0.05, 0) is 19.3 Å². The highest BCUT2D eigenvalue weighted by Crippen LogP contribution is 2.07. The molecule has 0 aliphatic heterocycles. The first-order valence-electron chi connectivity index (χ1n) is 3.52. The van der Waals surface area contributed by atoms with Crippen LogP contribution in [0.2, 0.25) is 0 Å². The Bertz CT molecular complexity index is 118. The molecule has 0 aliphatic carbocycles. The van der Waals surface area contributed by atoms with Crippen molar-refractivity contribution in [2.45, 2.75) is 26.2 Å². The SMILES string of the molecule is C=CCCC[C@@H](C)C(=O)O. The summed E-state index contributed by atoms with van der Waals surface area (Å²) in [5, 5.41) is 8.46. The minimum atomic E-state index is -0.705. The highest BCUT2D eigenvalue weighted by molar-refractivity contribution is 5.69. The van der Waals surface area contributed by atoms with Crippen molar-refractivity contribution < 1.29 is 9.90 Å². The fourth-order valence-corrected chi connectivity index (χ4v) is 0.692. The fraction of sp³-hybridized carbons (Fsp3) is 0.625. The summed E-state index contributed by atoms with van der Waals surface area (Å²) >= 11 is 0. The van der Waals surface area contributed by atoms with Crippen LogP contribution in [0.15, 0.2) is 12.7 Å². The molecule has 0 saturated carbocycles. The molecule has 0 bridgehead atoms. The summed E-state index contributed by atoms with van der Waals surface area (Å²) in [6.45, 7) is 5.28. The average molecular weight is 142 g/mol. The molecule has 0 saturated heterocycles. The number of aliphatic carboxylic acids is 1. The highest BCUT2D eigenvalue weighted by Gasteiger charge is 2.08. The molecule has 0 aromatic heterocycles. The van der Waals surface area contributed by atoms with E-state index in [4.69, 9.17) is 5.11 Å². The Hall–Kier alpha value is -0.790. The summed E-state index contributed by atoms with van der Waals surface area (Å²) < 4.78 is 0. The van der Waals surface area contributed by atoms with Crippen LogP contribution in [0.4, 0.5) is 0 Å². The topological polar surface area (TPSA) is 37.3 Å². The van der Waals surface area contributed by atoms with E-state index in [1.165, 1.54) is 0 Å². The molecular formula is C8H14O2. The van der Waals surface area contributed by atoms with Crippen LogP contribution in [-0.2, 0) is 4.79 Å². The van der Waals surface area contributed by atoms with Crippen LogP contribution in [0.1, 0.15) is 26.2 Å². The number of carboxylic acid groups (broad SMARTS) is 1. The van der Waals surface area contributed by atoms with E-state index in [9.17, 15) is 4.79 Å². The van der Waals surface area contributed by atoms with Crippen LogP contribution in [-0.4, -0.2) is 11.1 Å². The minimum Gasteiger partial charge on any atom is -0.481 e. The maximum atomic E-state index is 10.3. The van der Waals surface area contributed by atoms with Crippen molar-refractivity contribution >= 4 is 5.97 Å². The smallest absolute Gasteiger partial charge is 0.306 e. The van der Waals surface area contributed by atoms with Crippen LogP contribution < -0.4 is 0 Å². The molecule has 0 heterocycles. The van der Waals surface area contributed by atoms with Crippen molar-refractivity contribution in [3.05, 3.63) is 12.7 Å². The first-order valence-corrected chi connectivity index (χ1v) is 3.52. The molecule has 10 heavy (non-hydrogen) atoms. The standard InChI is InChI=1S/C8H14O2/c1-3-4-5-6-7(2)8(9)10/h3,7H,1,4-6H2,2H3,(H,9,10)/t7-/m1/s1. The van der Waals surface area contributed by atoms with Crippen molar-refractivity contribution in [2.24, 2.45) is 5.92 Å². The number of allylic oxidation sites excluding steroid dienone is 1. The highest BCUT2D eigenvalue weighted by atomic mass is 16.4. The van der Waals surface area contributed by atoms with Gasteiger partial charge in [0.15, 0.2) is 0 Å². The maximum Gasteiger partial charge on any atom is 0.306 e. The number of rotatable bonds is 5. The van der Waals surface area contributed by atoms with E-state index in [1.807, 2.05) is 6.08 Å². The van der Waals surface area contributed by atoms with Gasteiger partial charge >= 0.3 is 5.97 Å². The second-order valence-electron chi connectivity index (χ2n) is 2.46. The molecule has 0 spiro atoms. The Morgan fingerprint density at radius 1 is 1.80 bits per heavy atom. The Balaban J connectivity index is 3.30. The number of unbranched alkanes of at least 4 members (excludes halogenated alkanes) is 1. The quantitative estimate of drug-likeness (QED) is 0.471. The summed E-state index contributed by atoms with van der Waals surface area (Å²) in [4.78, 5) is 10.3. The van der Waals surface area contributed by atoms with E-state index in [0.717, 1.165) is 19.3 Å². The Morgan fingerprint density at radius 3 is 2.80 bits per heavy atom. The molecule has 0 aromatic carbocycles. The third-order valence-corrected chi connectivity index (χ3v) is 1.47. The van der Waals surface area contributed by atoms with E-state index in [1.54, 1.807) is 6.92 Å². The molecule has 1 atom stereocenters. The third-order valence-electron chi connectivity index (χ3n) is 1.47. The molecular weight excluding hydrogens is 128 g/mol. The summed E-state index contributed by atoms with van der Waals surface area (Å²) in [5.41, 5.74) is 0. The van der Waals surface area contributed by atoms with E-state index in [-0.39, 0.29) is 5.92 Å². The van der Waals surface area contributed by atoms with Gasteiger partial charge in [0.25, 0.3) is 0 Å². The van der Waals surface area contributed by atoms with Crippen molar-refractivity contribution in [1.82, 2.24) is 0 Å². The lowest BCUT2D eigenvalue weighted by molar-refractivity contribution is -0.141. The van der Waals surface area contributed by atoms with E-state index in [0.29, 0.717) is 0 Å². The Kier molecular flexibility index (Phi) is 4.63. The normalized spacial score (nSPS) is 12.5. The number of carboxylic acids is 1. The van der Waals surface area contributed by atoms with E-state index < -0.39 is 5.97 Å². The third kappa shape index (κ3) is 4.13. The van der Waals surface area contributed by atoms with Gasteiger partial charge in [-0.2, -0.15) is 0 Å². The van der Waals surface area contributed by atoms with Gasteiger partial charge in [0.2, 0.25) is 0 Å². The molecule has 0 amide bonds. The second kappa shape index (κ2) is 5.03. The zero-order valence-corrected chi connectivity index (χ0v) is 6.34. The lowest BCUT2D eigenvalue weighted by atomic mass is 10.0. The molecule has 0 unspecified atom stereocenters. The number of hydrogen-bond acceptors (Lipinski definition) is 1. The summed E-state index contributed by atoms with van der Waals surface area (Å²) in [6.07, 6.45) is 4.41. The lowest BCUT2D eigenvalue weighted by Gasteiger charge is -2.02. The van der Waals surface area contributed by atoms with Crippen molar-refractivity contribution in [3.63, 3.8) is 0 Å². The molecule has 2 heteroatoms. The maximum absolute atomic E-state index is 10.3. The van der Waals surface area contributed by atoms with E-state index in [2.05, 4.69) is 6.58 Å². The molecule has 0 radical (unpaired) electrons. The van der Waals surface area contributed by atoms with Crippen LogP contribution in [0.5, 0.6) is 0 Å². The largest absolute Gasteiger partial charge is 0.481 e. The van der Waals surface area contributed by atoms with Gasteiger partial charge in [-0.3, -0.25) is 4.79 Å². The molecule has 0 aliphatic rings. The predicted octanol–water partition coefficient (Wildman–Crippen LogP) is 2.06. The zero-order chi connectivity index (χ0) is 7.98. The van der Waals surface area contributed by atoms with Crippen molar-refractivity contribution in [1.29, 1.82) is 0 Å². The molecule has 0 aromatic rings. The van der Waals surface area contributed by atoms with Gasteiger partial charge in [-0.25, -0.2) is 0 Å². The molecule has 0 rings (SSSR count). The second-order valence-corrected chi connectivity index (χ2v) is 2.46. The summed E-state index contributed by atoms with van der Waals surface area (Å²) in [5.74, 6) is -0.913. The van der Waals surface area contributed by atoms with Gasteiger partial charge in [0, 0.05) is 0 Å². The van der Waals surface area contributed by atoms with Crippen LogP contribution >= 0.6 is 0 Å². The van der Waals surface area contributed by atoms with Crippen LogP contribution in [0.3, 0.4) is 0 Å². The van der Waals surface area contributed by atoms with Crippen molar-refractivity contribution in [2.75, 3.05) is 0 Å². The van der Waals surface area contributed by atoms with Crippen LogP contribution in [0, 0.1) is 5.92 Å².